The molecule has 0 radical (unpaired) electrons. The first-order valence-electron chi connectivity index (χ1n) is 8.96. The third-order valence-electron chi connectivity index (χ3n) is 4.58. The number of hydrogen-bond acceptors (Lipinski definition) is 5. The highest BCUT2D eigenvalue weighted by Crippen LogP contribution is 2.25. The van der Waals surface area contributed by atoms with E-state index in [9.17, 15) is 0 Å². The number of nitrogens with zero attached hydrogens (tertiary/aromatic N) is 5. The molecular weight excluding hydrogens is 314 g/mol. The van der Waals surface area contributed by atoms with Gasteiger partial charge >= 0.3 is 0 Å². The molecular formula is C19H29N5O. The Morgan fingerprint density at radius 3 is 2.84 bits per heavy atom. The van der Waals surface area contributed by atoms with E-state index in [1.807, 2.05) is 13.1 Å². The van der Waals surface area contributed by atoms with E-state index in [4.69, 9.17) is 9.72 Å². The number of hydrogen-bond donors (Lipinski definition) is 0. The van der Waals surface area contributed by atoms with E-state index >= 15 is 0 Å². The van der Waals surface area contributed by atoms with Crippen LogP contribution in [0.2, 0.25) is 0 Å². The first-order valence-corrected chi connectivity index (χ1v) is 8.96. The maximum atomic E-state index is 6.04. The Morgan fingerprint density at radius 2 is 2.12 bits per heavy atom. The Balaban J connectivity index is 1.74. The highest BCUT2D eigenvalue weighted by Gasteiger charge is 2.24. The minimum Gasteiger partial charge on any atom is -0.378 e. The number of pyridine rings is 1. The van der Waals surface area contributed by atoms with Gasteiger partial charge in [0.1, 0.15) is 6.10 Å². The van der Waals surface area contributed by atoms with Crippen LogP contribution < -0.4 is 4.90 Å². The average Bonchev–Trinajstić information content (AvgIpc) is 3.03. The third-order valence-corrected chi connectivity index (χ3v) is 4.58. The number of anilines is 1. The smallest absolute Gasteiger partial charge is 0.112 e. The molecule has 2 aromatic heterocycles. The van der Waals surface area contributed by atoms with Gasteiger partial charge in [-0.05, 0) is 39.0 Å². The maximum Gasteiger partial charge on any atom is 0.112 e. The second-order valence-corrected chi connectivity index (χ2v) is 7.24. The van der Waals surface area contributed by atoms with Crippen molar-refractivity contribution in [1.82, 2.24) is 19.7 Å². The van der Waals surface area contributed by atoms with Crippen molar-refractivity contribution >= 4 is 5.69 Å². The summed E-state index contributed by atoms with van der Waals surface area (Å²) in [6.07, 6.45) is 1.90. The monoisotopic (exact) mass is 343 g/mol. The molecule has 2 aromatic rings. The molecule has 136 valence electrons. The number of aryl methyl sites for hydroxylation is 1. The molecule has 6 heteroatoms. The quantitative estimate of drug-likeness (QED) is 0.835. The van der Waals surface area contributed by atoms with Crippen molar-refractivity contribution in [3.63, 3.8) is 0 Å². The average molecular weight is 343 g/mol. The summed E-state index contributed by atoms with van der Waals surface area (Å²) in [5.41, 5.74) is 4.47. The van der Waals surface area contributed by atoms with E-state index in [0.29, 0.717) is 6.04 Å². The van der Waals surface area contributed by atoms with Crippen LogP contribution in [0.4, 0.5) is 5.69 Å². The lowest BCUT2D eigenvalue weighted by molar-refractivity contribution is -0.0358. The molecule has 1 saturated heterocycles. The first kappa shape index (κ1) is 17.9. The maximum absolute atomic E-state index is 6.04. The second-order valence-electron chi connectivity index (χ2n) is 7.24. The fraction of sp³-hybridized carbons (Fsp3) is 0.579. The largest absolute Gasteiger partial charge is 0.378 e. The molecule has 6 nitrogen and oxygen atoms in total. The molecule has 1 aliphatic rings. The molecule has 3 rings (SSSR count). The Bertz CT molecular complexity index is 710. The van der Waals surface area contributed by atoms with Gasteiger partial charge in [0, 0.05) is 57.3 Å². The lowest BCUT2D eigenvalue weighted by atomic mass is 10.1. The SMILES string of the molecule is Cc1cc(N(C)C)cc([C@@H]2CN(Cc3ccnn3C(C)C)CCO2)n1. The van der Waals surface area contributed by atoms with Gasteiger partial charge in [0.2, 0.25) is 0 Å². The molecule has 0 unspecified atom stereocenters. The number of morpholine rings is 1. The van der Waals surface area contributed by atoms with Crippen LogP contribution in [0.1, 0.15) is 43.1 Å². The van der Waals surface area contributed by atoms with E-state index < -0.39 is 0 Å². The Labute approximate surface area is 150 Å². The van der Waals surface area contributed by atoms with Crippen LogP contribution in [0, 0.1) is 6.92 Å². The Kier molecular flexibility index (Phi) is 5.39. The summed E-state index contributed by atoms with van der Waals surface area (Å²) in [5.74, 6) is 0. The van der Waals surface area contributed by atoms with E-state index in [1.165, 1.54) is 11.4 Å². The van der Waals surface area contributed by atoms with Gasteiger partial charge in [0.25, 0.3) is 0 Å². The molecule has 3 heterocycles. The molecule has 0 saturated carbocycles. The fourth-order valence-electron chi connectivity index (χ4n) is 3.28. The molecule has 0 N–H and O–H groups in total. The number of aromatic nitrogens is 3. The van der Waals surface area contributed by atoms with Crippen molar-refractivity contribution in [2.75, 3.05) is 38.7 Å². The van der Waals surface area contributed by atoms with Gasteiger partial charge < -0.3 is 9.64 Å². The molecule has 0 spiro atoms. The van der Waals surface area contributed by atoms with Crippen LogP contribution in [0.5, 0.6) is 0 Å². The molecule has 1 atom stereocenters. The summed E-state index contributed by atoms with van der Waals surface area (Å²) >= 11 is 0. The number of rotatable bonds is 5. The van der Waals surface area contributed by atoms with Crippen molar-refractivity contribution in [3.8, 4) is 0 Å². The van der Waals surface area contributed by atoms with Gasteiger partial charge in [-0.1, -0.05) is 0 Å². The zero-order valence-electron chi connectivity index (χ0n) is 15.9. The van der Waals surface area contributed by atoms with Crippen LogP contribution in [0.3, 0.4) is 0 Å². The molecule has 25 heavy (non-hydrogen) atoms. The van der Waals surface area contributed by atoms with E-state index in [0.717, 1.165) is 37.6 Å². The highest BCUT2D eigenvalue weighted by atomic mass is 16.5. The molecule has 0 aromatic carbocycles. The summed E-state index contributed by atoms with van der Waals surface area (Å²) < 4.78 is 8.13. The van der Waals surface area contributed by atoms with Crippen LogP contribution in [-0.4, -0.2) is 53.5 Å². The predicted molar refractivity (Wildman–Crippen MR) is 99.9 cm³/mol. The van der Waals surface area contributed by atoms with Crippen molar-refractivity contribution < 1.29 is 4.74 Å². The predicted octanol–water partition coefficient (Wildman–Crippen LogP) is 2.81. The van der Waals surface area contributed by atoms with Crippen molar-refractivity contribution in [2.45, 2.75) is 39.5 Å². The van der Waals surface area contributed by atoms with Gasteiger partial charge in [-0.25, -0.2) is 0 Å². The van der Waals surface area contributed by atoms with E-state index in [1.54, 1.807) is 0 Å². The second kappa shape index (κ2) is 7.54. The molecule has 0 amide bonds. The van der Waals surface area contributed by atoms with E-state index in [2.05, 4.69) is 65.7 Å². The minimum absolute atomic E-state index is 0.0165. The highest BCUT2D eigenvalue weighted by molar-refractivity contribution is 5.47. The summed E-state index contributed by atoms with van der Waals surface area (Å²) in [5, 5.41) is 4.44. The summed E-state index contributed by atoms with van der Waals surface area (Å²) in [6.45, 7) is 9.78. The van der Waals surface area contributed by atoms with Crippen LogP contribution in [0.15, 0.2) is 24.4 Å². The molecule has 1 aliphatic heterocycles. The Morgan fingerprint density at radius 1 is 1.32 bits per heavy atom. The molecule has 0 aliphatic carbocycles. The zero-order chi connectivity index (χ0) is 18.0. The molecule has 0 bridgehead atoms. The van der Waals surface area contributed by atoms with E-state index in [-0.39, 0.29) is 6.10 Å². The van der Waals surface area contributed by atoms with Crippen molar-refractivity contribution in [3.05, 3.63) is 41.5 Å². The zero-order valence-corrected chi connectivity index (χ0v) is 15.9. The van der Waals surface area contributed by atoms with Gasteiger partial charge in [0.15, 0.2) is 0 Å². The topological polar surface area (TPSA) is 46.4 Å². The van der Waals surface area contributed by atoms with Gasteiger partial charge in [-0.15, -0.1) is 0 Å². The summed E-state index contributed by atoms with van der Waals surface area (Å²) in [6, 6.07) is 6.73. The van der Waals surface area contributed by atoms with Gasteiger partial charge in [0.05, 0.1) is 18.0 Å². The molecule has 1 fully saturated rings. The normalized spacial score (nSPS) is 18.7. The Hall–Kier alpha value is -1.92. The fourth-order valence-corrected chi connectivity index (χ4v) is 3.28. The first-order chi connectivity index (χ1) is 11.9. The van der Waals surface area contributed by atoms with Crippen LogP contribution in [-0.2, 0) is 11.3 Å². The van der Waals surface area contributed by atoms with Crippen molar-refractivity contribution in [1.29, 1.82) is 0 Å². The van der Waals surface area contributed by atoms with Gasteiger partial charge in [-0.3, -0.25) is 14.6 Å². The summed E-state index contributed by atoms with van der Waals surface area (Å²) in [7, 11) is 4.11. The third kappa shape index (κ3) is 4.19. The lowest BCUT2D eigenvalue weighted by Crippen LogP contribution is -2.38. The van der Waals surface area contributed by atoms with Gasteiger partial charge in [-0.2, -0.15) is 5.10 Å². The number of ether oxygens (including phenoxy) is 1. The minimum atomic E-state index is 0.0165. The summed E-state index contributed by atoms with van der Waals surface area (Å²) in [4.78, 5) is 9.27. The lowest BCUT2D eigenvalue weighted by Gasteiger charge is -2.33. The van der Waals surface area contributed by atoms with Crippen molar-refractivity contribution in [2.24, 2.45) is 0 Å². The standard InChI is InChI=1S/C19H29N5O/c1-14(2)24-16(6-7-20-24)12-23-8-9-25-19(13-23)18-11-17(22(4)5)10-15(3)21-18/h6-7,10-11,14,19H,8-9,12-13H2,1-5H3/t19-/m0/s1. The van der Waals surface area contributed by atoms with Crippen LogP contribution >= 0.6 is 0 Å². The van der Waals surface area contributed by atoms with Crippen LogP contribution in [0.25, 0.3) is 0 Å².